The smallest absolute Gasteiger partial charge is 0.165 e. The molecule has 1 N–H and O–H groups in total. The Morgan fingerprint density at radius 3 is 2.71 bits per heavy atom. The van der Waals surface area contributed by atoms with Crippen molar-refractivity contribution in [1.29, 1.82) is 0 Å². The lowest BCUT2D eigenvalue weighted by Crippen LogP contribution is -2.53. The number of pyridine rings is 1. The van der Waals surface area contributed by atoms with Crippen LogP contribution in [0, 0.1) is 19.8 Å². The normalized spacial score (nSPS) is 28.0. The number of aromatic nitrogens is 3. The molecule has 0 amide bonds. The molecule has 5 rings (SSSR count). The number of fused-ring (bicyclic) bond motifs is 4. The van der Waals surface area contributed by atoms with Gasteiger partial charge in [-0.15, -0.1) is 0 Å². The second-order valence-electron chi connectivity index (χ2n) is 6.39. The monoisotopic (exact) mass is 283 g/mol. The maximum atomic E-state index is 4.54. The van der Waals surface area contributed by atoms with Crippen LogP contribution in [-0.2, 0) is 0 Å². The van der Waals surface area contributed by atoms with Crippen LogP contribution in [0.5, 0.6) is 0 Å². The van der Waals surface area contributed by atoms with Gasteiger partial charge >= 0.3 is 0 Å². The van der Waals surface area contributed by atoms with Gasteiger partial charge in [-0.3, -0.25) is 0 Å². The van der Waals surface area contributed by atoms with E-state index in [9.17, 15) is 0 Å². The molecule has 1 unspecified atom stereocenters. The van der Waals surface area contributed by atoms with Gasteiger partial charge in [0, 0.05) is 18.3 Å². The first kappa shape index (κ1) is 13.0. The van der Waals surface area contributed by atoms with Gasteiger partial charge in [0.2, 0.25) is 0 Å². The third-order valence-electron chi connectivity index (χ3n) is 4.91. The van der Waals surface area contributed by atoms with E-state index in [0.717, 1.165) is 35.0 Å². The predicted molar refractivity (Wildman–Crippen MR) is 83.4 cm³/mol. The summed E-state index contributed by atoms with van der Waals surface area (Å²) in [5.74, 6) is 1.72. The van der Waals surface area contributed by atoms with Gasteiger partial charge in [-0.25, -0.2) is 15.0 Å². The average Bonchev–Trinajstić information content (AvgIpc) is 2.48. The summed E-state index contributed by atoms with van der Waals surface area (Å²) in [5, 5.41) is 4.75. The minimum Gasteiger partial charge on any atom is -0.365 e. The van der Waals surface area contributed by atoms with Crippen molar-refractivity contribution >= 4 is 16.9 Å². The number of hydrogen-bond donors (Lipinski definition) is 1. The molecular formula is C16H21N5. The zero-order valence-electron chi connectivity index (χ0n) is 12.6. The molecule has 2 bridgehead atoms. The van der Waals surface area contributed by atoms with Gasteiger partial charge < -0.3 is 10.2 Å². The van der Waals surface area contributed by atoms with Crippen molar-refractivity contribution in [3.8, 4) is 0 Å². The number of hydrogen-bond acceptors (Lipinski definition) is 5. The summed E-state index contributed by atoms with van der Waals surface area (Å²) in [7, 11) is 0. The van der Waals surface area contributed by atoms with Crippen molar-refractivity contribution in [2.45, 2.75) is 32.7 Å². The molecule has 0 aromatic carbocycles. The number of aryl methyl sites for hydroxylation is 2. The third kappa shape index (κ3) is 2.25. The fourth-order valence-electron chi connectivity index (χ4n) is 3.82. The fraction of sp³-hybridized carbons (Fsp3) is 0.562. The van der Waals surface area contributed by atoms with E-state index in [-0.39, 0.29) is 0 Å². The Kier molecular flexibility index (Phi) is 3.03. The highest BCUT2D eigenvalue weighted by molar-refractivity contribution is 5.89. The van der Waals surface area contributed by atoms with E-state index in [2.05, 4.69) is 38.2 Å². The maximum absolute atomic E-state index is 4.54. The average molecular weight is 283 g/mol. The minimum atomic E-state index is 0.506. The predicted octanol–water partition coefficient (Wildman–Crippen LogP) is 2.15. The van der Waals surface area contributed by atoms with E-state index < -0.39 is 0 Å². The van der Waals surface area contributed by atoms with Crippen LogP contribution in [0.2, 0.25) is 0 Å². The summed E-state index contributed by atoms with van der Waals surface area (Å²) >= 11 is 0. The first-order valence-corrected chi connectivity index (χ1v) is 7.78. The third-order valence-corrected chi connectivity index (χ3v) is 4.91. The molecule has 5 heterocycles. The molecule has 1 atom stereocenters. The molecule has 0 saturated carbocycles. The Morgan fingerprint density at radius 2 is 2.00 bits per heavy atom. The van der Waals surface area contributed by atoms with Gasteiger partial charge in [-0.2, -0.15) is 0 Å². The molecule has 3 saturated heterocycles. The molecule has 110 valence electrons. The van der Waals surface area contributed by atoms with Crippen LogP contribution >= 0.6 is 0 Å². The van der Waals surface area contributed by atoms with Crippen molar-refractivity contribution in [3.05, 3.63) is 23.7 Å². The van der Waals surface area contributed by atoms with Crippen molar-refractivity contribution < 1.29 is 0 Å². The lowest BCUT2D eigenvalue weighted by molar-refractivity contribution is 0.0974. The van der Waals surface area contributed by atoms with Gasteiger partial charge in [0.15, 0.2) is 5.65 Å². The number of nitrogens with zero attached hydrogens (tertiary/aromatic N) is 4. The molecule has 5 heteroatoms. The van der Waals surface area contributed by atoms with Crippen LogP contribution in [0.25, 0.3) is 11.0 Å². The second-order valence-corrected chi connectivity index (χ2v) is 6.39. The van der Waals surface area contributed by atoms with Crippen LogP contribution in [0.15, 0.2) is 12.4 Å². The molecule has 0 spiro atoms. The highest BCUT2D eigenvalue weighted by Crippen LogP contribution is 2.31. The zero-order valence-corrected chi connectivity index (χ0v) is 12.6. The Hall–Kier alpha value is -1.75. The van der Waals surface area contributed by atoms with Crippen LogP contribution in [0.3, 0.4) is 0 Å². The van der Waals surface area contributed by atoms with E-state index in [1.54, 1.807) is 6.33 Å². The molecule has 0 aliphatic carbocycles. The van der Waals surface area contributed by atoms with Crippen LogP contribution < -0.4 is 5.32 Å². The minimum absolute atomic E-state index is 0.506. The van der Waals surface area contributed by atoms with Crippen molar-refractivity contribution in [3.63, 3.8) is 0 Å². The van der Waals surface area contributed by atoms with Crippen molar-refractivity contribution in [1.82, 2.24) is 19.9 Å². The van der Waals surface area contributed by atoms with E-state index >= 15 is 0 Å². The largest absolute Gasteiger partial charge is 0.365 e. The van der Waals surface area contributed by atoms with E-state index in [4.69, 9.17) is 0 Å². The molecule has 3 aliphatic rings. The number of nitrogens with one attached hydrogen (secondary N) is 1. The van der Waals surface area contributed by atoms with E-state index in [1.807, 2.05) is 6.92 Å². The lowest BCUT2D eigenvalue weighted by atomic mass is 9.84. The first-order chi connectivity index (χ1) is 10.2. The molecule has 3 aliphatic heterocycles. The number of rotatable bonds is 2. The molecule has 0 radical (unpaired) electrons. The van der Waals surface area contributed by atoms with Crippen LogP contribution in [0.4, 0.5) is 5.82 Å². The Bertz CT molecular complexity index is 676. The van der Waals surface area contributed by atoms with Crippen LogP contribution in [-0.4, -0.2) is 45.5 Å². The first-order valence-electron chi connectivity index (χ1n) is 7.78. The summed E-state index contributed by atoms with van der Waals surface area (Å²) in [6.07, 6.45) is 4.23. The van der Waals surface area contributed by atoms with Gasteiger partial charge in [-0.1, -0.05) is 0 Å². The van der Waals surface area contributed by atoms with E-state index in [0.29, 0.717) is 6.04 Å². The molecule has 3 fully saturated rings. The molecule has 21 heavy (non-hydrogen) atoms. The Labute approximate surface area is 124 Å². The van der Waals surface area contributed by atoms with Crippen molar-refractivity contribution in [2.24, 2.45) is 5.92 Å². The number of piperidine rings is 3. The summed E-state index contributed by atoms with van der Waals surface area (Å²) in [5.41, 5.74) is 3.00. The topological polar surface area (TPSA) is 53.9 Å². The molecule has 2 aromatic rings. The van der Waals surface area contributed by atoms with Gasteiger partial charge in [-0.05, 0) is 57.3 Å². The molecule has 2 aromatic heterocycles. The van der Waals surface area contributed by atoms with Gasteiger partial charge in [0.1, 0.15) is 12.1 Å². The summed E-state index contributed by atoms with van der Waals surface area (Å²) < 4.78 is 0. The lowest BCUT2D eigenvalue weighted by Gasteiger charge is -2.45. The highest BCUT2D eigenvalue weighted by atomic mass is 15.2. The maximum Gasteiger partial charge on any atom is 0.165 e. The molecular weight excluding hydrogens is 262 g/mol. The van der Waals surface area contributed by atoms with Crippen molar-refractivity contribution in [2.75, 3.05) is 25.0 Å². The second kappa shape index (κ2) is 4.91. The summed E-state index contributed by atoms with van der Waals surface area (Å²) in [4.78, 5) is 15.9. The zero-order chi connectivity index (χ0) is 14.4. The summed E-state index contributed by atoms with van der Waals surface area (Å²) in [6.45, 7) is 7.77. The Balaban J connectivity index is 1.70. The quantitative estimate of drug-likeness (QED) is 0.915. The fourth-order valence-corrected chi connectivity index (χ4v) is 3.82. The Morgan fingerprint density at radius 1 is 1.19 bits per heavy atom. The van der Waals surface area contributed by atoms with Crippen LogP contribution in [0.1, 0.15) is 24.1 Å². The van der Waals surface area contributed by atoms with E-state index in [1.165, 1.54) is 31.5 Å². The molecule has 5 nitrogen and oxygen atoms in total. The number of anilines is 1. The SMILES string of the molecule is Cc1cc(C)c2c(NC3CN4CCC3CC4)ncnc2n1. The highest BCUT2D eigenvalue weighted by Gasteiger charge is 2.34. The van der Waals surface area contributed by atoms with Gasteiger partial charge in [0.25, 0.3) is 0 Å². The summed E-state index contributed by atoms with van der Waals surface area (Å²) in [6, 6.07) is 2.61. The van der Waals surface area contributed by atoms with Gasteiger partial charge in [0.05, 0.1) is 5.39 Å². The standard InChI is InChI=1S/C16H21N5/c1-10-7-11(2)19-15-14(10)16(18-9-17-15)20-13-8-21-5-3-12(13)4-6-21/h7,9,12-13H,3-6,8H2,1-2H3,(H,17,18,19,20).